The van der Waals surface area contributed by atoms with Crippen LogP contribution in [-0.2, 0) is 16.1 Å². The smallest absolute Gasteiger partial charge is 0.338 e. The molecule has 0 bridgehead atoms. The maximum atomic E-state index is 12.0. The van der Waals surface area contributed by atoms with Crippen LogP contribution in [0.4, 0.5) is 0 Å². The first-order valence-corrected chi connectivity index (χ1v) is 8.69. The van der Waals surface area contributed by atoms with Crippen molar-refractivity contribution in [2.24, 2.45) is 0 Å². The molecule has 0 heterocycles. The Morgan fingerprint density at radius 3 is 2.22 bits per heavy atom. The van der Waals surface area contributed by atoms with E-state index in [9.17, 15) is 9.59 Å². The lowest BCUT2D eigenvalue weighted by Crippen LogP contribution is -2.28. The van der Waals surface area contributed by atoms with E-state index >= 15 is 0 Å². The molecule has 144 valence electrons. The number of benzene rings is 2. The Morgan fingerprint density at radius 2 is 1.63 bits per heavy atom. The minimum Gasteiger partial charge on any atom is -0.493 e. The zero-order valence-corrected chi connectivity index (χ0v) is 16.1. The van der Waals surface area contributed by atoms with Gasteiger partial charge in [0.15, 0.2) is 18.1 Å². The van der Waals surface area contributed by atoms with E-state index in [0.717, 1.165) is 11.1 Å². The Labute approximate surface area is 159 Å². The number of carbonyl (C=O) groups excluding carboxylic acids is 2. The zero-order valence-electron chi connectivity index (χ0n) is 16.1. The number of ether oxygens (including phenoxy) is 3. The zero-order chi connectivity index (χ0) is 19.8. The van der Waals surface area contributed by atoms with Crippen molar-refractivity contribution in [1.82, 2.24) is 5.32 Å². The van der Waals surface area contributed by atoms with Gasteiger partial charge in [0.1, 0.15) is 0 Å². The molecule has 2 rings (SSSR count). The van der Waals surface area contributed by atoms with Gasteiger partial charge in [-0.3, -0.25) is 4.79 Å². The van der Waals surface area contributed by atoms with Gasteiger partial charge in [0.25, 0.3) is 5.91 Å². The third-order valence-electron chi connectivity index (χ3n) is 4.09. The Morgan fingerprint density at radius 1 is 0.963 bits per heavy atom. The number of esters is 1. The summed E-state index contributed by atoms with van der Waals surface area (Å²) in [6.45, 7) is 4.12. The van der Waals surface area contributed by atoms with Gasteiger partial charge in [0, 0.05) is 6.54 Å². The Bertz CT molecular complexity index is 784. The van der Waals surface area contributed by atoms with Gasteiger partial charge in [-0.15, -0.1) is 0 Å². The number of carbonyl (C=O) groups is 2. The summed E-state index contributed by atoms with van der Waals surface area (Å²) >= 11 is 0. The Kier molecular flexibility index (Phi) is 7.23. The molecule has 0 aliphatic heterocycles. The summed E-state index contributed by atoms with van der Waals surface area (Å²) in [6, 6.07) is 12.6. The fraction of sp³-hybridized carbons (Fsp3) is 0.333. The van der Waals surface area contributed by atoms with Crippen LogP contribution in [0.25, 0.3) is 0 Å². The summed E-state index contributed by atoms with van der Waals surface area (Å²) in [5.41, 5.74) is 2.41. The van der Waals surface area contributed by atoms with Crippen LogP contribution in [0.3, 0.4) is 0 Å². The van der Waals surface area contributed by atoms with Crippen molar-refractivity contribution >= 4 is 11.9 Å². The van der Waals surface area contributed by atoms with E-state index in [4.69, 9.17) is 14.2 Å². The van der Waals surface area contributed by atoms with Crippen LogP contribution in [0.1, 0.15) is 41.3 Å². The third-order valence-corrected chi connectivity index (χ3v) is 4.09. The summed E-state index contributed by atoms with van der Waals surface area (Å²) in [5, 5.41) is 2.71. The summed E-state index contributed by atoms with van der Waals surface area (Å²) in [5.74, 6) is 0.687. The van der Waals surface area contributed by atoms with Crippen molar-refractivity contribution in [2.75, 3.05) is 20.8 Å². The molecule has 0 spiro atoms. The number of nitrogens with one attached hydrogen (secondary N) is 1. The van der Waals surface area contributed by atoms with E-state index < -0.39 is 5.97 Å². The van der Waals surface area contributed by atoms with Gasteiger partial charge in [0.2, 0.25) is 0 Å². The summed E-state index contributed by atoms with van der Waals surface area (Å²) in [6.07, 6.45) is 0. The van der Waals surface area contributed by atoms with Crippen molar-refractivity contribution in [1.29, 1.82) is 0 Å². The molecule has 2 aromatic carbocycles. The van der Waals surface area contributed by atoms with Crippen LogP contribution in [0.5, 0.6) is 11.5 Å². The number of hydrogen-bond donors (Lipinski definition) is 1. The van der Waals surface area contributed by atoms with Gasteiger partial charge in [-0.05, 0) is 41.3 Å². The van der Waals surface area contributed by atoms with Gasteiger partial charge in [-0.2, -0.15) is 0 Å². The van der Waals surface area contributed by atoms with Crippen LogP contribution in [0, 0.1) is 0 Å². The molecule has 6 heteroatoms. The second-order valence-electron chi connectivity index (χ2n) is 6.32. The molecule has 6 nitrogen and oxygen atoms in total. The largest absolute Gasteiger partial charge is 0.493 e. The first-order chi connectivity index (χ1) is 12.9. The second-order valence-corrected chi connectivity index (χ2v) is 6.32. The normalized spacial score (nSPS) is 10.4. The molecule has 2 aromatic rings. The molecule has 0 saturated heterocycles. The number of amides is 1. The predicted molar refractivity (Wildman–Crippen MR) is 102 cm³/mol. The third kappa shape index (κ3) is 5.74. The standard InChI is InChI=1S/C21H25NO5/c1-14(2)16-6-8-17(9-7-16)21(24)27-13-20(23)22-12-15-5-10-18(25-3)19(11-15)26-4/h5-11,14H,12-13H2,1-4H3,(H,22,23). The van der Waals surface area contributed by atoms with Crippen molar-refractivity contribution in [3.8, 4) is 11.5 Å². The molecule has 1 N–H and O–H groups in total. The highest BCUT2D eigenvalue weighted by Gasteiger charge is 2.11. The highest BCUT2D eigenvalue weighted by Crippen LogP contribution is 2.27. The van der Waals surface area contributed by atoms with Crippen molar-refractivity contribution in [3.63, 3.8) is 0 Å². The molecule has 0 radical (unpaired) electrons. The number of methoxy groups -OCH3 is 2. The highest BCUT2D eigenvalue weighted by molar-refractivity contribution is 5.91. The van der Waals surface area contributed by atoms with Crippen molar-refractivity contribution in [2.45, 2.75) is 26.3 Å². The van der Waals surface area contributed by atoms with E-state index in [1.54, 1.807) is 38.5 Å². The number of hydrogen-bond acceptors (Lipinski definition) is 5. The fourth-order valence-electron chi connectivity index (χ4n) is 2.46. The van der Waals surface area contributed by atoms with Gasteiger partial charge in [-0.1, -0.05) is 32.0 Å². The summed E-state index contributed by atoms with van der Waals surface area (Å²) in [4.78, 5) is 24.0. The molecule has 0 aromatic heterocycles. The lowest BCUT2D eigenvalue weighted by molar-refractivity contribution is -0.124. The van der Waals surface area contributed by atoms with E-state index in [0.29, 0.717) is 29.5 Å². The first-order valence-electron chi connectivity index (χ1n) is 8.69. The molecule has 0 aliphatic carbocycles. The molecule has 0 fully saturated rings. The van der Waals surface area contributed by atoms with Gasteiger partial charge >= 0.3 is 5.97 Å². The Balaban J connectivity index is 1.83. The lowest BCUT2D eigenvalue weighted by Gasteiger charge is -2.11. The topological polar surface area (TPSA) is 73.9 Å². The highest BCUT2D eigenvalue weighted by atomic mass is 16.5. The maximum absolute atomic E-state index is 12.0. The van der Waals surface area contributed by atoms with Crippen LogP contribution < -0.4 is 14.8 Å². The molecule has 27 heavy (non-hydrogen) atoms. The maximum Gasteiger partial charge on any atom is 0.338 e. The monoisotopic (exact) mass is 371 g/mol. The van der Waals surface area contributed by atoms with Gasteiger partial charge in [0.05, 0.1) is 19.8 Å². The van der Waals surface area contributed by atoms with E-state index in [1.807, 2.05) is 18.2 Å². The minimum atomic E-state index is -0.522. The van der Waals surface area contributed by atoms with Crippen LogP contribution >= 0.6 is 0 Å². The summed E-state index contributed by atoms with van der Waals surface area (Å²) in [7, 11) is 3.11. The van der Waals surface area contributed by atoms with E-state index in [2.05, 4.69) is 19.2 Å². The van der Waals surface area contributed by atoms with Crippen molar-refractivity contribution < 1.29 is 23.8 Å². The second kappa shape index (κ2) is 9.62. The average Bonchev–Trinajstić information content (AvgIpc) is 2.70. The summed E-state index contributed by atoms with van der Waals surface area (Å²) < 4.78 is 15.5. The predicted octanol–water partition coefficient (Wildman–Crippen LogP) is 3.30. The molecule has 0 saturated carbocycles. The first kappa shape index (κ1) is 20.3. The van der Waals surface area contributed by atoms with Crippen LogP contribution in [0.2, 0.25) is 0 Å². The Hall–Kier alpha value is -3.02. The molecular weight excluding hydrogens is 346 g/mol. The van der Waals surface area contributed by atoms with Crippen LogP contribution in [0.15, 0.2) is 42.5 Å². The average molecular weight is 371 g/mol. The van der Waals surface area contributed by atoms with Gasteiger partial charge < -0.3 is 19.5 Å². The lowest BCUT2D eigenvalue weighted by atomic mass is 10.0. The molecule has 0 unspecified atom stereocenters. The SMILES string of the molecule is COc1ccc(CNC(=O)COC(=O)c2ccc(C(C)C)cc2)cc1OC. The van der Waals surface area contributed by atoms with E-state index in [1.165, 1.54) is 0 Å². The molecule has 0 aliphatic rings. The van der Waals surface area contributed by atoms with Gasteiger partial charge in [-0.25, -0.2) is 4.79 Å². The molecular formula is C21H25NO5. The quantitative estimate of drug-likeness (QED) is 0.721. The van der Waals surface area contributed by atoms with E-state index in [-0.39, 0.29) is 12.5 Å². The van der Waals surface area contributed by atoms with Crippen molar-refractivity contribution in [3.05, 3.63) is 59.2 Å². The molecule has 0 atom stereocenters. The molecule has 1 amide bonds. The minimum absolute atomic E-state index is 0.291. The fourth-order valence-corrected chi connectivity index (χ4v) is 2.46. The number of rotatable bonds is 8. The van der Waals surface area contributed by atoms with Crippen LogP contribution in [-0.4, -0.2) is 32.7 Å².